The predicted octanol–water partition coefficient (Wildman–Crippen LogP) is 1.89. The van der Waals surface area contributed by atoms with Gasteiger partial charge in [0.1, 0.15) is 6.33 Å². The third-order valence-corrected chi connectivity index (χ3v) is 2.83. The molecule has 0 atom stereocenters. The average Bonchev–Trinajstić information content (AvgIpc) is 2.94. The van der Waals surface area contributed by atoms with Crippen LogP contribution in [0.15, 0.2) is 24.5 Å². The number of hydrogen-bond donors (Lipinski definition) is 1. The summed E-state index contributed by atoms with van der Waals surface area (Å²) in [7, 11) is 0. The first-order valence-corrected chi connectivity index (χ1v) is 5.50. The van der Waals surface area contributed by atoms with E-state index < -0.39 is 0 Å². The Morgan fingerprint density at radius 3 is 2.94 bits per heavy atom. The van der Waals surface area contributed by atoms with Gasteiger partial charge in [-0.2, -0.15) is 0 Å². The molecule has 3 rings (SSSR count). The Kier molecular flexibility index (Phi) is 2.25. The highest BCUT2D eigenvalue weighted by molar-refractivity contribution is 6.33. The minimum absolute atomic E-state index is 0.571. The summed E-state index contributed by atoms with van der Waals surface area (Å²) in [4.78, 5) is 0. The zero-order chi connectivity index (χ0) is 11.0. The van der Waals surface area contributed by atoms with Gasteiger partial charge < -0.3 is 5.32 Å². The smallest absolute Gasteiger partial charge is 0.143 e. The molecule has 2 aromatic rings. The Labute approximate surface area is 97.4 Å². The van der Waals surface area contributed by atoms with Crippen molar-refractivity contribution in [2.45, 2.75) is 18.9 Å². The highest BCUT2D eigenvalue weighted by atomic mass is 35.5. The van der Waals surface area contributed by atoms with Crippen LogP contribution in [0, 0.1) is 0 Å². The van der Waals surface area contributed by atoms with E-state index in [2.05, 4.69) is 20.8 Å². The molecule has 1 heterocycles. The molecule has 0 bridgehead atoms. The molecule has 1 aliphatic carbocycles. The summed E-state index contributed by atoms with van der Waals surface area (Å²) >= 11 is 6.11. The molecule has 1 saturated carbocycles. The average molecular weight is 236 g/mol. The molecule has 6 heteroatoms. The lowest BCUT2D eigenvalue weighted by atomic mass is 10.2. The van der Waals surface area contributed by atoms with Gasteiger partial charge in [0.15, 0.2) is 0 Å². The lowest BCUT2D eigenvalue weighted by Gasteiger charge is -2.08. The van der Waals surface area contributed by atoms with Crippen molar-refractivity contribution in [3.05, 3.63) is 29.5 Å². The number of anilines is 1. The molecule has 1 aliphatic rings. The van der Waals surface area contributed by atoms with E-state index in [0.29, 0.717) is 6.04 Å². The van der Waals surface area contributed by atoms with Gasteiger partial charge in [0.2, 0.25) is 0 Å². The molecule has 1 N–H and O–H groups in total. The van der Waals surface area contributed by atoms with E-state index >= 15 is 0 Å². The van der Waals surface area contributed by atoms with Crippen molar-refractivity contribution < 1.29 is 0 Å². The van der Waals surface area contributed by atoms with Gasteiger partial charge in [-0.15, -0.1) is 5.10 Å². The van der Waals surface area contributed by atoms with Gasteiger partial charge in [0, 0.05) is 6.04 Å². The van der Waals surface area contributed by atoms with Gasteiger partial charge in [0.05, 0.1) is 16.4 Å². The highest BCUT2D eigenvalue weighted by Gasteiger charge is 2.21. The van der Waals surface area contributed by atoms with Crippen molar-refractivity contribution in [2.24, 2.45) is 0 Å². The fourth-order valence-electron chi connectivity index (χ4n) is 1.49. The van der Waals surface area contributed by atoms with Crippen molar-refractivity contribution >= 4 is 17.3 Å². The van der Waals surface area contributed by atoms with Crippen LogP contribution in [-0.4, -0.2) is 26.2 Å². The maximum absolute atomic E-state index is 6.11. The monoisotopic (exact) mass is 235 g/mol. The molecule has 0 amide bonds. The molecule has 16 heavy (non-hydrogen) atoms. The zero-order valence-corrected chi connectivity index (χ0v) is 9.22. The summed E-state index contributed by atoms with van der Waals surface area (Å²) in [6.07, 6.45) is 3.99. The van der Waals surface area contributed by atoms with Crippen LogP contribution in [0.1, 0.15) is 12.8 Å². The van der Waals surface area contributed by atoms with Crippen LogP contribution in [-0.2, 0) is 0 Å². The fraction of sp³-hybridized carbons (Fsp3) is 0.300. The molecule has 1 aromatic carbocycles. The second-order valence-electron chi connectivity index (χ2n) is 3.84. The SMILES string of the molecule is Clc1ccc(-n2cnnn2)cc1NC1CC1. The topological polar surface area (TPSA) is 55.6 Å². The Morgan fingerprint density at radius 2 is 2.25 bits per heavy atom. The number of rotatable bonds is 3. The second kappa shape index (κ2) is 3.75. The fourth-order valence-corrected chi connectivity index (χ4v) is 1.67. The summed E-state index contributed by atoms with van der Waals surface area (Å²) < 4.78 is 1.61. The van der Waals surface area contributed by atoms with Gasteiger partial charge in [-0.1, -0.05) is 11.6 Å². The van der Waals surface area contributed by atoms with Gasteiger partial charge in [-0.05, 0) is 41.5 Å². The van der Waals surface area contributed by atoms with E-state index in [9.17, 15) is 0 Å². The summed E-state index contributed by atoms with van der Waals surface area (Å²) in [6.45, 7) is 0. The molecule has 1 aromatic heterocycles. The number of tetrazole rings is 1. The third-order valence-electron chi connectivity index (χ3n) is 2.50. The van der Waals surface area contributed by atoms with Crippen LogP contribution in [0.5, 0.6) is 0 Å². The molecule has 0 radical (unpaired) electrons. The quantitative estimate of drug-likeness (QED) is 0.883. The van der Waals surface area contributed by atoms with Crippen LogP contribution < -0.4 is 5.32 Å². The van der Waals surface area contributed by atoms with Crippen molar-refractivity contribution in [3.63, 3.8) is 0 Å². The number of nitrogens with zero attached hydrogens (tertiary/aromatic N) is 4. The molecule has 0 saturated heterocycles. The zero-order valence-electron chi connectivity index (χ0n) is 8.47. The van der Waals surface area contributed by atoms with Crippen LogP contribution in [0.4, 0.5) is 5.69 Å². The molecular weight excluding hydrogens is 226 g/mol. The summed E-state index contributed by atoms with van der Waals surface area (Å²) in [6, 6.07) is 6.26. The molecule has 5 nitrogen and oxygen atoms in total. The van der Waals surface area contributed by atoms with Gasteiger partial charge in [-0.25, -0.2) is 4.68 Å². The minimum Gasteiger partial charge on any atom is -0.381 e. The summed E-state index contributed by atoms with van der Waals surface area (Å²) in [5, 5.41) is 15.1. The van der Waals surface area contributed by atoms with E-state index in [4.69, 9.17) is 11.6 Å². The highest BCUT2D eigenvalue weighted by Crippen LogP contribution is 2.30. The van der Waals surface area contributed by atoms with Crippen molar-refractivity contribution in [1.29, 1.82) is 0 Å². The molecule has 0 unspecified atom stereocenters. The summed E-state index contributed by atoms with van der Waals surface area (Å²) in [5.74, 6) is 0. The lowest BCUT2D eigenvalue weighted by molar-refractivity contribution is 0.789. The van der Waals surface area contributed by atoms with E-state index in [-0.39, 0.29) is 0 Å². The van der Waals surface area contributed by atoms with E-state index in [1.807, 2.05) is 18.2 Å². The molecule has 82 valence electrons. The van der Waals surface area contributed by atoms with Gasteiger partial charge in [-0.3, -0.25) is 0 Å². The molecular formula is C10H10ClN5. The summed E-state index contributed by atoms with van der Waals surface area (Å²) in [5.41, 5.74) is 1.84. The third kappa shape index (κ3) is 1.86. The number of benzene rings is 1. The first-order chi connectivity index (χ1) is 7.83. The Hall–Kier alpha value is -1.62. The van der Waals surface area contributed by atoms with E-state index in [1.165, 1.54) is 12.8 Å². The largest absolute Gasteiger partial charge is 0.381 e. The van der Waals surface area contributed by atoms with Crippen molar-refractivity contribution in [1.82, 2.24) is 20.2 Å². The number of nitrogens with one attached hydrogen (secondary N) is 1. The normalized spacial score (nSPS) is 15.1. The minimum atomic E-state index is 0.571. The number of hydrogen-bond acceptors (Lipinski definition) is 4. The first-order valence-electron chi connectivity index (χ1n) is 5.12. The molecule has 0 aliphatic heterocycles. The van der Waals surface area contributed by atoms with Crippen LogP contribution in [0.3, 0.4) is 0 Å². The number of halogens is 1. The first kappa shape index (κ1) is 9.59. The van der Waals surface area contributed by atoms with Crippen LogP contribution >= 0.6 is 11.6 Å². The van der Waals surface area contributed by atoms with E-state index in [1.54, 1.807) is 11.0 Å². The standard InChI is InChI=1S/C10H10ClN5/c11-9-4-3-8(16-6-12-14-15-16)5-10(9)13-7-1-2-7/h3-7,13H,1-2H2. The predicted molar refractivity (Wildman–Crippen MR) is 60.8 cm³/mol. The van der Waals surface area contributed by atoms with Crippen LogP contribution in [0.2, 0.25) is 5.02 Å². The lowest BCUT2D eigenvalue weighted by Crippen LogP contribution is -2.03. The van der Waals surface area contributed by atoms with Crippen molar-refractivity contribution in [2.75, 3.05) is 5.32 Å². The van der Waals surface area contributed by atoms with Gasteiger partial charge in [0.25, 0.3) is 0 Å². The van der Waals surface area contributed by atoms with Crippen LogP contribution in [0.25, 0.3) is 5.69 Å². The maximum Gasteiger partial charge on any atom is 0.143 e. The van der Waals surface area contributed by atoms with Crippen molar-refractivity contribution in [3.8, 4) is 5.69 Å². The molecule has 1 fully saturated rings. The van der Waals surface area contributed by atoms with Gasteiger partial charge >= 0.3 is 0 Å². The number of aromatic nitrogens is 4. The Bertz CT molecular complexity index is 492. The Balaban J connectivity index is 1.94. The molecule has 0 spiro atoms. The van der Waals surface area contributed by atoms with E-state index in [0.717, 1.165) is 16.4 Å². The maximum atomic E-state index is 6.11. The second-order valence-corrected chi connectivity index (χ2v) is 4.24. The Morgan fingerprint density at radius 1 is 1.38 bits per heavy atom.